The maximum absolute atomic E-state index is 5.86. The van der Waals surface area contributed by atoms with Crippen LogP contribution < -0.4 is 10.1 Å². The van der Waals surface area contributed by atoms with E-state index >= 15 is 0 Å². The van der Waals surface area contributed by atoms with E-state index in [1.165, 1.54) is 5.56 Å². The maximum atomic E-state index is 5.86. The molecule has 2 aromatic rings. The molecule has 1 aromatic heterocycles. The van der Waals surface area contributed by atoms with Gasteiger partial charge in [0.2, 0.25) is 0 Å². The van der Waals surface area contributed by atoms with Gasteiger partial charge in [0.15, 0.2) is 0 Å². The Bertz CT molecular complexity index is 540. The molecule has 0 aliphatic heterocycles. The van der Waals surface area contributed by atoms with Crippen molar-refractivity contribution in [2.24, 2.45) is 0 Å². The van der Waals surface area contributed by atoms with Gasteiger partial charge in [0.1, 0.15) is 12.4 Å². The largest absolute Gasteiger partial charge is 0.487 e. The zero-order valence-electron chi connectivity index (χ0n) is 11.8. The van der Waals surface area contributed by atoms with Gasteiger partial charge < -0.3 is 10.1 Å². The third-order valence-corrected chi connectivity index (χ3v) is 3.03. The minimum Gasteiger partial charge on any atom is -0.487 e. The third kappa shape index (κ3) is 4.83. The highest BCUT2D eigenvalue weighted by Gasteiger charge is 1.99. The van der Waals surface area contributed by atoms with Crippen molar-refractivity contribution in [3.8, 4) is 5.75 Å². The van der Waals surface area contributed by atoms with Crippen molar-refractivity contribution in [3.63, 3.8) is 0 Å². The lowest BCUT2D eigenvalue weighted by atomic mass is 10.1. The van der Waals surface area contributed by atoms with E-state index in [-0.39, 0.29) is 0 Å². The highest BCUT2D eigenvalue weighted by molar-refractivity contribution is 6.30. The normalized spacial score (nSPS) is 10.8. The van der Waals surface area contributed by atoms with Crippen molar-refractivity contribution < 1.29 is 4.74 Å². The van der Waals surface area contributed by atoms with E-state index in [1.54, 1.807) is 18.5 Å². The summed E-state index contributed by atoms with van der Waals surface area (Å²) in [6.07, 6.45) is 3.25. The summed E-state index contributed by atoms with van der Waals surface area (Å²) in [4.78, 5) is 3.99. The number of hydrogen-bond acceptors (Lipinski definition) is 3. The highest BCUT2D eigenvalue weighted by Crippen LogP contribution is 2.16. The van der Waals surface area contributed by atoms with Crippen LogP contribution in [0.4, 0.5) is 0 Å². The first-order valence-corrected chi connectivity index (χ1v) is 7.06. The summed E-state index contributed by atoms with van der Waals surface area (Å²) in [6, 6.07) is 10.6. The molecule has 3 nitrogen and oxygen atoms in total. The predicted octanol–water partition coefficient (Wildman–Crippen LogP) is 3.81. The predicted molar refractivity (Wildman–Crippen MR) is 82.0 cm³/mol. The topological polar surface area (TPSA) is 34.1 Å². The fraction of sp³-hybridized carbons (Fsp3) is 0.312. The molecule has 2 rings (SSSR count). The molecule has 1 heterocycles. The molecular formula is C16H19ClN2O. The number of nitrogens with zero attached hydrogens (tertiary/aromatic N) is 1. The average molecular weight is 291 g/mol. The molecule has 1 N–H and O–H groups in total. The molecule has 0 atom stereocenters. The Kier molecular flexibility index (Phi) is 5.39. The third-order valence-electron chi connectivity index (χ3n) is 2.82. The summed E-state index contributed by atoms with van der Waals surface area (Å²) in [6.45, 7) is 5.68. The van der Waals surface area contributed by atoms with Crippen LogP contribution in [-0.2, 0) is 13.2 Å². The lowest BCUT2D eigenvalue weighted by Gasteiger charge is -2.09. The summed E-state index contributed by atoms with van der Waals surface area (Å²) in [5.41, 5.74) is 2.39. The Morgan fingerprint density at radius 3 is 2.50 bits per heavy atom. The van der Waals surface area contributed by atoms with Crippen molar-refractivity contribution in [2.45, 2.75) is 33.0 Å². The first-order valence-electron chi connectivity index (χ1n) is 6.68. The van der Waals surface area contributed by atoms with E-state index in [4.69, 9.17) is 16.3 Å². The van der Waals surface area contributed by atoms with Gasteiger partial charge in [-0.05, 0) is 11.1 Å². The van der Waals surface area contributed by atoms with Gasteiger partial charge in [-0.25, -0.2) is 0 Å². The zero-order valence-corrected chi connectivity index (χ0v) is 12.5. The molecule has 20 heavy (non-hydrogen) atoms. The Hall–Kier alpha value is -1.58. The van der Waals surface area contributed by atoms with E-state index in [1.807, 2.05) is 0 Å². The molecule has 0 saturated carbocycles. The molecule has 0 unspecified atom stereocenters. The van der Waals surface area contributed by atoms with E-state index in [2.05, 4.69) is 48.4 Å². The summed E-state index contributed by atoms with van der Waals surface area (Å²) in [5.74, 6) is 0.683. The second kappa shape index (κ2) is 7.27. The summed E-state index contributed by atoms with van der Waals surface area (Å²) in [5, 5.41) is 3.97. The van der Waals surface area contributed by atoms with Crippen LogP contribution in [0.3, 0.4) is 0 Å². The number of nitrogens with one attached hydrogen (secondary N) is 1. The van der Waals surface area contributed by atoms with Crippen LogP contribution in [0.25, 0.3) is 0 Å². The van der Waals surface area contributed by atoms with E-state index in [0.29, 0.717) is 23.4 Å². The number of ether oxygens (including phenoxy) is 1. The van der Waals surface area contributed by atoms with E-state index < -0.39 is 0 Å². The SMILES string of the molecule is CC(C)NCc1ccc(COc2cncc(Cl)c2)cc1. The number of halogens is 1. The molecule has 1 aromatic carbocycles. The molecule has 0 saturated heterocycles. The fourth-order valence-corrected chi connectivity index (χ4v) is 1.88. The molecule has 0 amide bonds. The maximum Gasteiger partial charge on any atom is 0.139 e. The fourth-order valence-electron chi connectivity index (χ4n) is 1.71. The van der Waals surface area contributed by atoms with Gasteiger partial charge in [0.05, 0.1) is 11.2 Å². The molecule has 0 spiro atoms. The van der Waals surface area contributed by atoms with Crippen molar-refractivity contribution in [1.82, 2.24) is 10.3 Å². The van der Waals surface area contributed by atoms with E-state index in [0.717, 1.165) is 12.1 Å². The van der Waals surface area contributed by atoms with Crippen LogP contribution in [-0.4, -0.2) is 11.0 Å². The van der Waals surface area contributed by atoms with Crippen LogP contribution in [0.5, 0.6) is 5.75 Å². The Morgan fingerprint density at radius 2 is 1.85 bits per heavy atom. The lowest BCUT2D eigenvalue weighted by molar-refractivity contribution is 0.305. The second-order valence-electron chi connectivity index (χ2n) is 4.98. The molecular weight excluding hydrogens is 272 g/mol. The van der Waals surface area contributed by atoms with Gasteiger partial charge in [-0.1, -0.05) is 49.7 Å². The number of pyridine rings is 1. The number of hydrogen-bond donors (Lipinski definition) is 1. The molecule has 0 fully saturated rings. The van der Waals surface area contributed by atoms with Crippen LogP contribution in [0.2, 0.25) is 5.02 Å². The van der Waals surface area contributed by atoms with Crippen LogP contribution in [0, 0.1) is 0 Å². The first kappa shape index (κ1) is 14.8. The second-order valence-corrected chi connectivity index (χ2v) is 5.42. The van der Waals surface area contributed by atoms with Crippen molar-refractivity contribution in [3.05, 3.63) is 58.9 Å². The minimum absolute atomic E-state index is 0.494. The van der Waals surface area contributed by atoms with Gasteiger partial charge in [0, 0.05) is 24.8 Å². The van der Waals surface area contributed by atoms with Crippen LogP contribution in [0.1, 0.15) is 25.0 Å². The molecule has 4 heteroatoms. The van der Waals surface area contributed by atoms with Crippen LogP contribution in [0.15, 0.2) is 42.7 Å². The smallest absolute Gasteiger partial charge is 0.139 e. The number of aromatic nitrogens is 1. The lowest BCUT2D eigenvalue weighted by Crippen LogP contribution is -2.21. The monoisotopic (exact) mass is 290 g/mol. The quantitative estimate of drug-likeness (QED) is 0.878. The van der Waals surface area contributed by atoms with Crippen molar-refractivity contribution >= 4 is 11.6 Å². The summed E-state index contributed by atoms with van der Waals surface area (Å²) < 4.78 is 5.65. The van der Waals surface area contributed by atoms with Gasteiger partial charge in [-0.2, -0.15) is 0 Å². The Morgan fingerprint density at radius 1 is 1.15 bits per heavy atom. The average Bonchev–Trinajstić information content (AvgIpc) is 2.44. The standard InChI is InChI=1S/C16H19ClN2O/c1-12(2)19-8-13-3-5-14(6-4-13)11-20-16-7-15(17)9-18-10-16/h3-7,9-10,12,19H,8,11H2,1-2H3. The van der Waals surface area contributed by atoms with Gasteiger partial charge in [-0.15, -0.1) is 0 Å². The van der Waals surface area contributed by atoms with E-state index in [9.17, 15) is 0 Å². The number of rotatable bonds is 6. The first-order chi connectivity index (χ1) is 9.63. The Labute approximate surface area is 124 Å². The van der Waals surface area contributed by atoms with Gasteiger partial charge >= 0.3 is 0 Å². The van der Waals surface area contributed by atoms with Gasteiger partial charge in [-0.3, -0.25) is 4.98 Å². The summed E-state index contributed by atoms with van der Waals surface area (Å²) >= 11 is 5.86. The molecule has 0 aliphatic rings. The minimum atomic E-state index is 0.494. The molecule has 0 radical (unpaired) electrons. The Balaban J connectivity index is 1.87. The van der Waals surface area contributed by atoms with Crippen molar-refractivity contribution in [1.29, 1.82) is 0 Å². The zero-order chi connectivity index (χ0) is 14.4. The molecule has 0 bridgehead atoms. The molecule has 106 valence electrons. The summed E-state index contributed by atoms with van der Waals surface area (Å²) in [7, 11) is 0. The van der Waals surface area contributed by atoms with Crippen LogP contribution >= 0.6 is 11.6 Å². The van der Waals surface area contributed by atoms with Gasteiger partial charge in [0.25, 0.3) is 0 Å². The molecule has 0 aliphatic carbocycles. The number of benzene rings is 1. The van der Waals surface area contributed by atoms with Crippen molar-refractivity contribution in [2.75, 3.05) is 0 Å². The highest BCUT2D eigenvalue weighted by atomic mass is 35.5.